The highest BCUT2D eigenvalue weighted by Gasteiger charge is 2.20. The highest BCUT2D eigenvalue weighted by Crippen LogP contribution is 2.02. The minimum Gasteiger partial charge on any atom is -0.355 e. The van der Waals surface area contributed by atoms with E-state index in [4.69, 9.17) is 0 Å². The topological polar surface area (TPSA) is 64.7 Å². The van der Waals surface area contributed by atoms with Gasteiger partial charge < -0.3 is 10.6 Å². The van der Waals surface area contributed by atoms with Crippen LogP contribution in [0.4, 0.5) is 0 Å². The van der Waals surface area contributed by atoms with Crippen molar-refractivity contribution in [1.82, 2.24) is 20.4 Å². The van der Waals surface area contributed by atoms with Crippen LogP contribution in [0.2, 0.25) is 0 Å². The second kappa shape index (κ2) is 10.1. The molecular weight excluding hydrogens is 304 g/mol. The van der Waals surface area contributed by atoms with Gasteiger partial charge in [0.05, 0.1) is 13.1 Å². The van der Waals surface area contributed by atoms with Crippen molar-refractivity contribution in [3.63, 3.8) is 0 Å². The Morgan fingerprint density at radius 3 is 2.00 bits per heavy atom. The third-order valence-corrected chi connectivity index (χ3v) is 4.10. The molecule has 0 aromatic heterocycles. The predicted molar refractivity (Wildman–Crippen MR) is 94.5 cm³/mol. The smallest absolute Gasteiger partial charge is 0.234 e. The molecule has 0 spiro atoms. The van der Waals surface area contributed by atoms with Gasteiger partial charge >= 0.3 is 0 Å². The van der Waals surface area contributed by atoms with E-state index < -0.39 is 0 Å². The van der Waals surface area contributed by atoms with Gasteiger partial charge in [-0.2, -0.15) is 0 Å². The van der Waals surface area contributed by atoms with Gasteiger partial charge in [-0.3, -0.25) is 19.4 Å². The molecule has 2 N–H and O–H groups in total. The number of nitrogens with one attached hydrogen (secondary N) is 2. The number of piperazine rings is 1. The zero-order chi connectivity index (χ0) is 17.2. The molecule has 1 aliphatic heterocycles. The van der Waals surface area contributed by atoms with E-state index in [2.05, 4.69) is 20.4 Å². The fraction of sp³-hybridized carbons (Fsp3) is 0.556. The summed E-state index contributed by atoms with van der Waals surface area (Å²) in [6.45, 7) is 7.51. The molecule has 0 unspecified atom stereocenters. The molecule has 0 radical (unpaired) electrons. The summed E-state index contributed by atoms with van der Waals surface area (Å²) in [5.74, 6) is 0.138. The number of nitrogens with zero attached hydrogens (tertiary/aromatic N) is 2. The molecule has 1 aromatic carbocycles. The zero-order valence-electron chi connectivity index (χ0n) is 14.5. The minimum absolute atomic E-state index is 0.0491. The van der Waals surface area contributed by atoms with Crippen LogP contribution in [-0.4, -0.2) is 67.4 Å². The molecule has 132 valence electrons. The predicted octanol–water partition coefficient (Wildman–Crippen LogP) is 0.447. The molecule has 2 rings (SSSR count). The molecular formula is C18H28N4O2. The fourth-order valence-electron chi connectivity index (χ4n) is 2.68. The second-order valence-corrected chi connectivity index (χ2v) is 6.16. The highest BCUT2D eigenvalue weighted by atomic mass is 16.2. The van der Waals surface area contributed by atoms with Crippen molar-refractivity contribution in [1.29, 1.82) is 0 Å². The van der Waals surface area contributed by atoms with Crippen molar-refractivity contribution in [2.45, 2.75) is 19.9 Å². The van der Waals surface area contributed by atoms with Crippen LogP contribution in [0.25, 0.3) is 0 Å². The largest absolute Gasteiger partial charge is 0.355 e. The molecule has 0 aliphatic carbocycles. The molecule has 0 bridgehead atoms. The van der Waals surface area contributed by atoms with Crippen molar-refractivity contribution in [2.75, 3.05) is 45.8 Å². The fourth-order valence-corrected chi connectivity index (χ4v) is 2.68. The highest BCUT2D eigenvalue weighted by molar-refractivity contribution is 5.78. The van der Waals surface area contributed by atoms with E-state index in [0.717, 1.165) is 44.7 Å². The van der Waals surface area contributed by atoms with E-state index in [0.29, 0.717) is 19.6 Å². The maximum absolute atomic E-state index is 12.0. The van der Waals surface area contributed by atoms with Gasteiger partial charge in [-0.15, -0.1) is 0 Å². The number of hydrogen-bond acceptors (Lipinski definition) is 4. The van der Waals surface area contributed by atoms with Crippen LogP contribution >= 0.6 is 0 Å². The Hall–Kier alpha value is -1.92. The Morgan fingerprint density at radius 1 is 0.917 bits per heavy atom. The standard InChI is InChI=1S/C18H28N4O2/c1-2-8-19-17(23)14-21-9-11-22(12-10-21)15-18(24)20-13-16-6-4-3-5-7-16/h3-7H,2,8-15H2,1H3,(H,19,23)(H,20,24). The van der Waals surface area contributed by atoms with Gasteiger partial charge in [-0.25, -0.2) is 0 Å². The first-order chi connectivity index (χ1) is 11.7. The average Bonchev–Trinajstić information content (AvgIpc) is 2.61. The van der Waals surface area contributed by atoms with Crippen LogP contribution in [0.15, 0.2) is 30.3 Å². The Balaban J connectivity index is 1.62. The van der Waals surface area contributed by atoms with Gasteiger partial charge in [0.1, 0.15) is 0 Å². The SMILES string of the molecule is CCCNC(=O)CN1CCN(CC(=O)NCc2ccccc2)CC1. The summed E-state index contributed by atoms with van der Waals surface area (Å²) in [7, 11) is 0. The third kappa shape index (κ3) is 6.68. The van der Waals surface area contributed by atoms with E-state index >= 15 is 0 Å². The summed E-state index contributed by atoms with van der Waals surface area (Å²) in [6.07, 6.45) is 0.956. The molecule has 24 heavy (non-hydrogen) atoms. The van der Waals surface area contributed by atoms with Crippen LogP contribution < -0.4 is 10.6 Å². The molecule has 0 saturated carbocycles. The molecule has 2 amide bonds. The first-order valence-corrected chi connectivity index (χ1v) is 8.69. The third-order valence-electron chi connectivity index (χ3n) is 4.10. The van der Waals surface area contributed by atoms with Crippen molar-refractivity contribution < 1.29 is 9.59 Å². The average molecular weight is 332 g/mol. The molecule has 6 heteroatoms. The number of hydrogen-bond donors (Lipinski definition) is 2. The Labute approximate surface area is 144 Å². The van der Waals surface area contributed by atoms with Gasteiger partial charge in [0.25, 0.3) is 0 Å². The van der Waals surface area contributed by atoms with E-state index in [1.165, 1.54) is 0 Å². The van der Waals surface area contributed by atoms with Gasteiger partial charge in [-0.05, 0) is 12.0 Å². The molecule has 1 aliphatic rings. The number of carbonyl (C=O) groups excluding carboxylic acids is 2. The Morgan fingerprint density at radius 2 is 1.46 bits per heavy atom. The van der Waals surface area contributed by atoms with Crippen molar-refractivity contribution in [2.24, 2.45) is 0 Å². The summed E-state index contributed by atoms with van der Waals surface area (Å²) < 4.78 is 0. The zero-order valence-corrected chi connectivity index (χ0v) is 14.5. The lowest BCUT2D eigenvalue weighted by molar-refractivity contribution is -0.125. The molecule has 6 nitrogen and oxygen atoms in total. The number of carbonyl (C=O) groups is 2. The monoisotopic (exact) mass is 332 g/mol. The lowest BCUT2D eigenvalue weighted by atomic mass is 10.2. The maximum atomic E-state index is 12.0. The lowest BCUT2D eigenvalue weighted by Gasteiger charge is -2.33. The number of rotatable bonds is 8. The van der Waals surface area contributed by atoms with E-state index in [1.807, 2.05) is 37.3 Å². The molecule has 1 saturated heterocycles. The number of benzene rings is 1. The van der Waals surface area contributed by atoms with Crippen molar-refractivity contribution in [3.05, 3.63) is 35.9 Å². The quantitative estimate of drug-likeness (QED) is 0.725. The van der Waals surface area contributed by atoms with E-state index in [9.17, 15) is 9.59 Å². The van der Waals surface area contributed by atoms with Gasteiger partial charge in [-0.1, -0.05) is 37.3 Å². The Kier molecular flexibility index (Phi) is 7.71. The summed E-state index contributed by atoms with van der Waals surface area (Å²) >= 11 is 0. The molecule has 1 heterocycles. The van der Waals surface area contributed by atoms with E-state index in [-0.39, 0.29) is 11.8 Å². The molecule has 0 atom stereocenters. The van der Waals surface area contributed by atoms with E-state index in [1.54, 1.807) is 0 Å². The summed E-state index contributed by atoms with van der Waals surface area (Å²) in [6, 6.07) is 9.91. The van der Waals surface area contributed by atoms with Gasteiger partial charge in [0.15, 0.2) is 0 Å². The summed E-state index contributed by atoms with van der Waals surface area (Å²) in [4.78, 5) is 28.0. The Bertz CT molecular complexity index is 513. The van der Waals surface area contributed by atoms with Crippen LogP contribution in [-0.2, 0) is 16.1 Å². The van der Waals surface area contributed by atoms with Crippen molar-refractivity contribution in [3.8, 4) is 0 Å². The van der Waals surface area contributed by atoms with Crippen molar-refractivity contribution >= 4 is 11.8 Å². The van der Waals surface area contributed by atoms with Crippen LogP contribution in [0, 0.1) is 0 Å². The normalized spacial score (nSPS) is 15.9. The van der Waals surface area contributed by atoms with Gasteiger partial charge in [0.2, 0.25) is 11.8 Å². The summed E-state index contributed by atoms with van der Waals surface area (Å²) in [5.41, 5.74) is 1.11. The van der Waals surface area contributed by atoms with Crippen LogP contribution in [0.5, 0.6) is 0 Å². The maximum Gasteiger partial charge on any atom is 0.234 e. The molecule has 1 aromatic rings. The summed E-state index contributed by atoms with van der Waals surface area (Å²) in [5, 5.41) is 5.85. The number of amides is 2. The van der Waals surface area contributed by atoms with Crippen LogP contribution in [0.1, 0.15) is 18.9 Å². The lowest BCUT2D eigenvalue weighted by Crippen LogP contribution is -2.51. The van der Waals surface area contributed by atoms with Gasteiger partial charge in [0, 0.05) is 39.3 Å². The second-order valence-electron chi connectivity index (χ2n) is 6.16. The minimum atomic E-state index is 0.0491. The first kappa shape index (κ1) is 18.4. The van der Waals surface area contributed by atoms with Crippen LogP contribution in [0.3, 0.4) is 0 Å². The molecule has 1 fully saturated rings. The first-order valence-electron chi connectivity index (χ1n) is 8.69.